The van der Waals surface area contributed by atoms with Crippen molar-refractivity contribution >= 4 is 17.5 Å². The number of carbonyl (C=O) groups excluding carboxylic acids is 2. The average molecular weight is 446 g/mol. The third-order valence-electron chi connectivity index (χ3n) is 5.38. The van der Waals surface area contributed by atoms with Gasteiger partial charge in [-0.2, -0.15) is 0 Å². The van der Waals surface area contributed by atoms with Gasteiger partial charge in [0, 0.05) is 43.0 Å². The minimum Gasteiger partial charge on any atom is -0.490 e. The number of carbonyl (C=O) groups is 2. The van der Waals surface area contributed by atoms with Gasteiger partial charge in [0.25, 0.3) is 5.91 Å². The number of hydrogen-bond acceptors (Lipinski definition) is 5. The van der Waals surface area contributed by atoms with E-state index in [1.54, 1.807) is 29.3 Å². The van der Waals surface area contributed by atoms with Crippen molar-refractivity contribution in [2.45, 2.75) is 32.7 Å². The summed E-state index contributed by atoms with van der Waals surface area (Å²) in [6.07, 6.45) is 4.20. The predicted octanol–water partition coefficient (Wildman–Crippen LogP) is 4.72. The Morgan fingerprint density at radius 3 is 2.52 bits per heavy atom. The molecule has 7 nitrogen and oxygen atoms in total. The molecule has 0 unspecified atom stereocenters. The van der Waals surface area contributed by atoms with Crippen LogP contribution in [0.4, 0.5) is 5.69 Å². The fourth-order valence-corrected chi connectivity index (χ4v) is 3.65. The molecule has 2 aromatic carbocycles. The van der Waals surface area contributed by atoms with Crippen LogP contribution in [-0.4, -0.2) is 29.9 Å². The summed E-state index contributed by atoms with van der Waals surface area (Å²) in [6.45, 7) is 3.54. The number of hydrogen-bond donors (Lipinski definition) is 1. The van der Waals surface area contributed by atoms with Crippen molar-refractivity contribution in [3.63, 3.8) is 0 Å². The average Bonchev–Trinajstić information content (AvgIpc) is 2.85. The molecule has 1 N–H and O–H groups in total. The fourth-order valence-electron chi connectivity index (χ4n) is 3.65. The summed E-state index contributed by atoms with van der Waals surface area (Å²) in [5, 5.41) is 2.90. The number of nitrogens with zero attached hydrogens (tertiary/aromatic N) is 2. The van der Waals surface area contributed by atoms with Crippen LogP contribution in [0.2, 0.25) is 0 Å². The van der Waals surface area contributed by atoms with Crippen molar-refractivity contribution in [1.29, 1.82) is 0 Å². The molecule has 0 atom stereocenters. The van der Waals surface area contributed by atoms with Crippen molar-refractivity contribution < 1.29 is 19.1 Å². The van der Waals surface area contributed by atoms with Gasteiger partial charge >= 0.3 is 0 Å². The largest absolute Gasteiger partial charge is 0.490 e. The summed E-state index contributed by atoms with van der Waals surface area (Å²) < 4.78 is 11.4. The number of aromatic nitrogens is 1. The molecule has 0 radical (unpaired) electrons. The maximum atomic E-state index is 12.5. The highest BCUT2D eigenvalue weighted by atomic mass is 16.5. The van der Waals surface area contributed by atoms with Crippen molar-refractivity contribution in [3.8, 4) is 17.4 Å². The summed E-state index contributed by atoms with van der Waals surface area (Å²) in [7, 11) is 0. The topological polar surface area (TPSA) is 80.8 Å². The molecule has 33 heavy (non-hydrogen) atoms. The van der Waals surface area contributed by atoms with E-state index in [4.69, 9.17) is 9.47 Å². The van der Waals surface area contributed by atoms with E-state index in [2.05, 4.69) is 10.3 Å². The summed E-state index contributed by atoms with van der Waals surface area (Å²) in [5.41, 5.74) is 2.23. The number of piperidine rings is 1. The van der Waals surface area contributed by atoms with Crippen molar-refractivity contribution in [3.05, 3.63) is 78.0 Å². The quantitative estimate of drug-likeness (QED) is 0.543. The van der Waals surface area contributed by atoms with Crippen molar-refractivity contribution in [1.82, 2.24) is 10.3 Å². The fraction of sp³-hybridized carbons (Fsp3) is 0.269. The van der Waals surface area contributed by atoms with E-state index < -0.39 is 0 Å². The second-order valence-electron chi connectivity index (χ2n) is 7.72. The molecule has 0 bridgehead atoms. The van der Waals surface area contributed by atoms with Gasteiger partial charge in [0.2, 0.25) is 11.8 Å². The number of pyridine rings is 1. The lowest BCUT2D eigenvalue weighted by Crippen LogP contribution is -2.35. The van der Waals surface area contributed by atoms with Crippen molar-refractivity contribution in [2.24, 2.45) is 0 Å². The van der Waals surface area contributed by atoms with Crippen LogP contribution in [0, 0.1) is 0 Å². The Kier molecular flexibility index (Phi) is 7.19. The lowest BCUT2D eigenvalue weighted by molar-refractivity contribution is -0.119. The zero-order valence-corrected chi connectivity index (χ0v) is 18.6. The first-order chi connectivity index (χ1) is 16.1. The van der Waals surface area contributed by atoms with Crippen LogP contribution >= 0.6 is 0 Å². The SMILES string of the molecule is CCOc1ccccc1Oc1ccc(CNC(=O)c2ccc(N3CCCCC3=O)cc2)cn1. The minimum absolute atomic E-state index is 0.139. The standard InChI is InChI=1S/C26H27N3O4/c1-2-32-22-7-3-4-8-23(22)33-24-15-10-19(17-27-24)18-28-26(31)20-11-13-21(14-12-20)29-16-6-5-9-25(29)30/h3-4,7-8,10-15,17H,2,5-6,9,16,18H2,1H3,(H,28,31). The maximum absolute atomic E-state index is 12.5. The summed E-state index contributed by atoms with van der Waals surface area (Å²) in [5.74, 6) is 1.66. The van der Waals surface area contributed by atoms with Crippen LogP contribution in [-0.2, 0) is 11.3 Å². The normalized spacial score (nSPS) is 13.5. The molecule has 2 amide bonds. The molecule has 1 fully saturated rings. The first-order valence-corrected chi connectivity index (χ1v) is 11.2. The Bertz CT molecular complexity index is 1100. The number of nitrogens with one attached hydrogen (secondary N) is 1. The Labute approximate surface area is 193 Å². The molecule has 170 valence electrons. The smallest absolute Gasteiger partial charge is 0.251 e. The van der Waals surface area contributed by atoms with Crippen molar-refractivity contribution in [2.75, 3.05) is 18.1 Å². The zero-order chi connectivity index (χ0) is 23.0. The molecule has 3 aromatic rings. The van der Waals surface area contributed by atoms with Gasteiger partial charge in [-0.3, -0.25) is 9.59 Å². The highest BCUT2D eigenvalue weighted by molar-refractivity contribution is 5.96. The van der Waals surface area contributed by atoms with Crippen LogP contribution < -0.4 is 19.7 Å². The molecular formula is C26H27N3O4. The molecular weight excluding hydrogens is 418 g/mol. The second kappa shape index (κ2) is 10.6. The molecule has 0 saturated carbocycles. The first kappa shape index (κ1) is 22.3. The van der Waals surface area contributed by atoms with Gasteiger partial charge in [-0.25, -0.2) is 4.98 Å². The molecule has 1 aliphatic rings. The van der Waals surface area contributed by atoms with Crippen LogP contribution in [0.25, 0.3) is 0 Å². The van der Waals surface area contributed by atoms with Gasteiger partial charge in [-0.15, -0.1) is 0 Å². The highest BCUT2D eigenvalue weighted by Gasteiger charge is 2.19. The van der Waals surface area contributed by atoms with Gasteiger partial charge in [-0.05, 0) is 61.7 Å². The number of benzene rings is 2. The Morgan fingerprint density at radius 1 is 1.03 bits per heavy atom. The van der Waals surface area contributed by atoms with E-state index in [1.807, 2.05) is 49.4 Å². The van der Waals surface area contributed by atoms with E-state index >= 15 is 0 Å². The zero-order valence-electron chi connectivity index (χ0n) is 18.6. The number of para-hydroxylation sites is 2. The molecule has 2 heterocycles. The summed E-state index contributed by atoms with van der Waals surface area (Å²) >= 11 is 0. The van der Waals surface area contributed by atoms with Gasteiger partial charge in [0.15, 0.2) is 11.5 Å². The number of ether oxygens (including phenoxy) is 2. The van der Waals surface area contributed by atoms with Crippen LogP contribution in [0.1, 0.15) is 42.1 Å². The third kappa shape index (κ3) is 5.68. The third-order valence-corrected chi connectivity index (χ3v) is 5.38. The Morgan fingerprint density at radius 2 is 1.82 bits per heavy atom. The molecule has 1 aliphatic heterocycles. The predicted molar refractivity (Wildman–Crippen MR) is 126 cm³/mol. The first-order valence-electron chi connectivity index (χ1n) is 11.2. The molecule has 1 aromatic heterocycles. The Hall–Kier alpha value is -3.87. The van der Waals surface area contributed by atoms with Gasteiger partial charge in [0.05, 0.1) is 6.61 Å². The van der Waals surface area contributed by atoms with E-state index in [9.17, 15) is 9.59 Å². The van der Waals surface area contributed by atoms with E-state index in [-0.39, 0.29) is 11.8 Å². The maximum Gasteiger partial charge on any atom is 0.251 e. The number of rotatable bonds is 8. The summed E-state index contributed by atoms with van der Waals surface area (Å²) in [6, 6.07) is 18.2. The molecule has 0 aliphatic carbocycles. The number of anilines is 1. The minimum atomic E-state index is -0.183. The van der Waals surface area contributed by atoms with E-state index in [0.29, 0.717) is 42.5 Å². The summed E-state index contributed by atoms with van der Waals surface area (Å²) in [4.78, 5) is 30.7. The second-order valence-corrected chi connectivity index (χ2v) is 7.72. The molecule has 0 spiro atoms. The lowest BCUT2D eigenvalue weighted by Gasteiger charge is -2.26. The van der Waals surface area contributed by atoms with E-state index in [1.165, 1.54) is 0 Å². The lowest BCUT2D eigenvalue weighted by atomic mass is 10.1. The highest BCUT2D eigenvalue weighted by Crippen LogP contribution is 2.30. The van der Waals surface area contributed by atoms with Crippen LogP contribution in [0.3, 0.4) is 0 Å². The van der Waals surface area contributed by atoms with Gasteiger partial charge in [-0.1, -0.05) is 18.2 Å². The molecule has 4 rings (SSSR count). The molecule has 1 saturated heterocycles. The van der Waals surface area contributed by atoms with Crippen LogP contribution in [0.5, 0.6) is 17.4 Å². The van der Waals surface area contributed by atoms with Gasteiger partial charge in [0.1, 0.15) is 0 Å². The van der Waals surface area contributed by atoms with Crippen LogP contribution in [0.15, 0.2) is 66.9 Å². The Balaban J connectivity index is 1.32. The van der Waals surface area contributed by atoms with E-state index in [0.717, 1.165) is 30.6 Å². The number of amides is 2. The monoisotopic (exact) mass is 445 g/mol. The van der Waals surface area contributed by atoms with Gasteiger partial charge < -0.3 is 19.7 Å². The molecule has 7 heteroatoms.